The smallest absolute Gasteiger partial charge is 0.140 e. The first-order chi connectivity index (χ1) is 8.25. The molecule has 0 amide bonds. The molecule has 2 rings (SSSR count). The van der Waals surface area contributed by atoms with Crippen LogP contribution in [-0.4, -0.2) is 18.9 Å². The van der Waals surface area contributed by atoms with Gasteiger partial charge in [-0.15, -0.1) is 0 Å². The Morgan fingerprint density at radius 2 is 2.00 bits per heavy atom. The summed E-state index contributed by atoms with van der Waals surface area (Å²) in [5, 5.41) is 3.35. The first kappa shape index (κ1) is 12.3. The highest BCUT2D eigenvalue weighted by Gasteiger charge is 2.19. The molecule has 92 valence electrons. The SMILES string of the molecule is Cc1ccc(CC(=O)C2CCCNCC2)cc1. The van der Waals surface area contributed by atoms with Crippen molar-refractivity contribution in [3.63, 3.8) is 0 Å². The van der Waals surface area contributed by atoms with Gasteiger partial charge in [0.05, 0.1) is 0 Å². The van der Waals surface area contributed by atoms with E-state index in [1.54, 1.807) is 0 Å². The molecule has 17 heavy (non-hydrogen) atoms. The number of benzene rings is 1. The topological polar surface area (TPSA) is 29.1 Å². The maximum absolute atomic E-state index is 12.2. The van der Waals surface area contributed by atoms with Gasteiger partial charge in [-0.25, -0.2) is 0 Å². The van der Waals surface area contributed by atoms with E-state index >= 15 is 0 Å². The molecule has 2 nitrogen and oxygen atoms in total. The van der Waals surface area contributed by atoms with Crippen LogP contribution in [0.1, 0.15) is 30.4 Å². The normalized spacial score (nSPS) is 20.9. The average molecular weight is 231 g/mol. The van der Waals surface area contributed by atoms with E-state index in [1.165, 1.54) is 5.56 Å². The molecule has 1 N–H and O–H groups in total. The lowest BCUT2D eigenvalue weighted by Gasteiger charge is -2.12. The number of hydrogen-bond donors (Lipinski definition) is 1. The van der Waals surface area contributed by atoms with E-state index < -0.39 is 0 Å². The lowest BCUT2D eigenvalue weighted by Crippen LogP contribution is -2.19. The molecule has 0 aliphatic carbocycles. The maximum atomic E-state index is 12.2. The number of hydrogen-bond acceptors (Lipinski definition) is 2. The van der Waals surface area contributed by atoms with Crippen molar-refractivity contribution >= 4 is 5.78 Å². The molecule has 0 bridgehead atoms. The van der Waals surface area contributed by atoms with Gasteiger partial charge in [0.25, 0.3) is 0 Å². The quantitative estimate of drug-likeness (QED) is 0.866. The Morgan fingerprint density at radius 3 is 2.76 bits per heavy atom. The lowest BCUT2D eigenvalue weighted by molar-refractivity contribution is -0.122. The van der Waals surface area contributed by atoms with Crippen LogP contribution in [0.2, 0.25) is 0 Å². The van der Waals surface area contributed by atoms with Gasteiger partial charge in [-0.1, -0.05) is 29.8 Å². The van der Waals surface area contributed by atoms with Crippen LogP contribution in [0.25, 0.3) is 0 Å². The fourth-order valence-electron chi connectivity index (χ4n) is 2.39. The van der Waals surface area contributed by atoms with Gasteiger partial charge in [-0.3, -0.25) is 4.79 Å². The summed E-state index contributed by atoms with van der Waals surface area (Å²) in [6.07, 6.45) is 3.79. The zero-order chi connectivity index (χ0) is 12.1. The Hall–Kier alpha value is -1.15. The second-order valence-corrected chi connectivity index (χ2v) is 5.01. The van der Waals surface area contributed by atoms with E-state index in [0.29, 0.717) is 12.2 Å². The number of carbonyl (C=O) groups excluding carboxylic acids is 1. The molecule has 1 aromatic carbocycles. The Balaban J connectivity index is 1.93. The minimum atomic E-state index is 0.270. The Bertz CT molecular complexity index is 361. The Labute approximate surface area is 103 Å². The second kappa shape index (κ2) is 5.97. The lowest BCUT2D eigenvalue weighted by atomic mass is 9.91. The van der Waals surface area contributed by atoms with Gasteiger partial charge < -0.3 is 5.32 Å². The number of carbonyl (C=O) groups is 1. The Morgan fingerprint density at radius 1 is 1.24 bits per heavy atom. The first-order valence-corrected chi connectivity index (χ1v) is 6.54. The second-order valence-electron chi connectivity index (χ2n) is 5.01. The summed E-state index contributed by atoms with van der Waals surface area (Å²) in [5.41, 5.74) is 2.40. The van der Waals surface area contributed by atoms with Crippen molar-refractivity contribution in [2.24, 2.45) is 5.92 Å². The van der Waals surface area contributed by atoms with Crippen LogP contribution in [-0.2, 0) is 11.2 Å². The summed E-state index contributed by atoms with van der Waals surface area (Å²) in [6, 6.07) is 8.30. The van der Waals surface area contributed by atoms with E-state index in [4.69, 9.17) is 0 Å². The highest BCUT2D eigenvalue weighted by molar-refractivity contribution is 5.83. The Kier molecular flexibility index (Phi) is 4.32. The molecule has 1 saturated heterocycles. The summed E-state index contributed by atoms with van der Waals surface area (Å²) < 4.78 is 0. The maximum Gasteiger partial charge on any atom is 0.140 e. The largest absolute Gasteiger partial charge is 0.317 e. The molecule has 1 aromatic rings. The van der Waals surface area contributed by atoms with Crippen LogP contribution < -0.4 is 5.32 Å². The zero-order valence-corrected chi connectivity index (χ0v) is 10.5. The van der Waals surface area contributed by atoms with Crippen molar-refractivity contribution in [1.82, 2.24) is 5.32 Å². The molecule has 0 saturated carbocycles. The summed E-state index contributed by atoms with van der Waals surface area (Å²) in [4.78, 5) is 12.2. The summed E-state index contributed by atoms with van der Waals surface area (Å²) >= 11 is 0. The minimum absolute atomic E-state index is 0.270. The van der Waals surface area contributed by atoms with E-state index in [2.05, 4.69) is 36.5 Å². The third-order valence-corrected chi connectivity index (χ3v) is 3.53. The highest BCUT2D eigenvalue weighted by Crippen LogP contribution is 2.17. The van der Waals surface area contributed by atoms with Gasteiger partial charge in [0.2, 0.25) is 0 Å². The molecule has 2 heteroatoms. The summed E-state index contributed by atoms with van der Waals surface area (Å²) in [7, 11) is 0. The molecule has 1 aliphatic heterocycles. The number of ketones is 1. The third kappa shape index (κ3) is 3.67. The fourth-order valence-corrected chi connectivity index (χ4v) is 2.39. The van der Waals surface area contributed by atoms with Crippen molar-refractivity contribution in [3.8, 4) is 0 Å². The molecule has 1 atom stereocenters. The number of nitrogens with one attached hydrogen (secondary N) is 1. The minimum Gasteiger partial charge on any atom is -0.317 e. The van der Waals surface area contributed by atoms with Crippen LogP contribution in [0, 0.1) is 12.8 Å². The summed E-state index contributed by atoms with van der Waals surface area (Å²) in [6.45, 7) is 4.13. The monoisotopic (exact) mass is 231 g/mol. The van der Waals surface area contributed by atoms with Gasteiger partial charge in [-0.05, 0) is 44.8 Å². The van der Waals surface area contributed by atoms with Crippen molar-refractivity contribution in [2.75, 3.05) is 13.1 Å². The zero-order valence-electron chi connectivity index (χ0n) is 10.5. The van der Waals surface area contributed by atoms with Crippen LogP contribution in [0.3, 0.4) is 0 Å². The van der Waals surface area contributed by atoms with Gasteiger partial charge in [0, 0.05) is 12.3 Å². The van der Waals surface area contributed by atoms with Gasteiger partial charge in [-0.2, -0.15) is 0 Å². The highest BCUT2D eigenvalue weighted by atomic mass is 16.1. The predicted octanol–water partition coefficient (Wildman–Crippen LogP) is 2.50. The fraction of sp³-hybridized carbons (Fsp3) is 0.533. The number of rotatable bonds is 3. The van der Waals surface area contributed by atoms with E-state index in [0.717, 1.165) is 37.9 Å². The van der Waals surface area contributed by atoms with E-state index in [-0.39, 0.29) is 5.92 Å². The number of Topliss-reactive ketones (excluding diaryl/α,β-unsaturated/α-hetero) is 1. The molecule has 0 spiro atoms. The van der Waals surface area contributed by atoms with Gasteiger partial charge in [0.1, 0.15) is 5.78 Å². The molecule has 1 unspecified atom stereocenters. The van der Waals surface area contributed by atoms with Gasteiger partial charge in [0.15, 0.2) is 0 Å². The van der Waals surface area contributed by atoms with E-state index in [9.17, 15) is 4.79 Å². The standard InChI is InChI=1S/C15H21NO/c1-12-4-6-13(7-5-12)11-15(17)14-3-2-9-16-10-8-14/h4-7,14,16H,2-3,8-11H2,1H3. The molecule has 0 aromatic heterocycles. The molecular formula is C15H21NO. The van der Waals surface area contributed by atoms with Crippen LogP contribution in [0.5, 0.6) is 0 Å². The van der Waals surface area contributed by atoms with E-state index in [1.807, 2.05) is 0 Å². The van der Waals surface area contributed by atoms with Crippen molar-refractivity contribution in [1.29, 1.82) is 0 Å². The van der Waals surface area contributed by atoms with Crippen LogP contribution in [0.15, 0.2) is 24.3 Å². The van der Waals surface area contributed by atoms with Crippen molar-refractivity contribution < 1.29 is 4.79 Å². The van der Waals surface area contributed by atoms with Crippen molar-refractivity contribution in [2.45, 2.75) is 32.6 Å². The first-order valence-electron chi connectivity index (χ1n) is 6.54. The molecular weight excluding hydrogens is 210 g/mol. The predicted molar refractivity (Wildman–Crippen MR) is 70.1 cm³/mol. The van der Waals surface area contributed by atoms with Crippen LogP contribution >= 0.6 is 0 Å². The molecule has 1 heterocycles. The molecule has 0 radical (unpaired) electrons. The molecule has 1 fully saturated rings. The van der Waals surface area contributed by atoms with Gasteiger partial charge >= 0.3 is 0 Å². The summed E-state index contributed by atoms with van der Waals surface area (Å²) in [5.74, 6) is 0.684. The average Bonchev–Trinajstić information content (AvgIpc) is 2.61. The number of aryl methyl sites for hydroxylation is 1. The van der Waals surface area contributed by atoms with Crippen molar-refractivity contribution in [3.05, 3.63) is 35.4 Å². The molecule has 1 aliphatic rings. The van der Waals surface area contributed by atoms with Crippen LogP contribution in [0.4, 0.5) is 0 Å². The third-order valence-electron chi connectivity index (χ3n) is 3.53.